The molecule has 0 radical (unpaired) electrons. The van der Waals surface area contributed by atoms with E-state index in [1.165, 1.54) is 14.1 Å². The van der Waals surface area contributed by atoms with Gasteiger partial charge in [0.2, 0.25) is 0 Å². The van der Waals surface area contributed by atoms with Gasteiger partial charge in [-0.1, -0.05) is 0 Å². The molecule has 0 bridgehead atoms. The van der Waals surface area contributed by atoms with Gasteiger partial charge in [-0.25, -0.2) is 8.42 Å². The fourth-order valence-corrected chi connectivity index (χ4v) is 1.21. The van der Waals surface area contributed by atoms with Crippen molar-refractivity contribution in [3.63, 3.8) is 0 Å². The monoisotopic (exact) mass is 191 g/mol. The van der Waals surface area contributed by atoms with Crippen LogP contribution in [0.15, 0.2) is 0 Å². The first-order chi connectivity index (χ1) is 4.39. The molecule has 0 rings (SSSR count). The minimum absolute atomic E-state index is 0. The average molecular weight is 191 g/mol. The Balaban J connectivity index is 0. The molecule has 0 aromatic heterocycles. The van der Waals surface area contributed by atoms with E-state index in [0.717, 1.165) is 4.90 Å². The molecule has 62 valence electrons. The Kier molecular flexibility index (Phi) is 7.14. The van der Waals surface area contributed by atoms with E-state index in [1.54, 1.807) is 0 Å². The van der Waals surface area contributed by atoms with Crippen LogP contribution in [0, 0.1) is 0 Å². The molecule has 0 heterocycles. The van der Waals surface area contributed by atoms with E-state index in [1.807, 2.05) is 0 Å². The maximum Gasteiger partial charge on any atom is 1.00 e. The number of aliphatic hydroxyl groups is 1. The third-order valence-electron chi connectivity index (χ3n) is 1.07. The van der Waals surface area contributed by atoms with Gasteiger partial charge in [-0.05, 0) is 14.1 Å². The van der Waals surface area contributed by atoms with Crippen LogP contribution in [0.3, 0.4) is 0 Å². The number of hydrogen-bond donors (Lipinski definition) is 1. The van der Waals surface area contributed by atoms with Gasteiger partial charge in [0.25, 0.3) is 0 Å². The quantitative estimate of drug-likeness (QED) is 0.359. The van der Waals surface area contributed by atoms with Crippen LogP contribution in [-0.2, 0) is 10.1 Å². The van der Waals surface area contributed by atoms with Crippen molar-refractivity contribution in [3.8, 4) is 0 Å². The van der Waals surface area contributed by atoms with Gasteiger partial charge in [0.05, 0.1) is 6.61 Å². The number of rotatable bonds is 3. The minimum atomic E-state index is -4.39. The molecule has 0 amide bonds. The number of hydrogen-bond acceptors (Lipinski definition) is 5. The van der Waals surface area contributed by atoms with Gasteiger partial charge in [-0.15, -0.1) is 0 Å². The first-order valence-electron chi connectivity index (χ1n) is 2.61. The summed E-state index contributed by atoms with van der Waals surface area (Å²) in [6, 6.07) is 0. The van der Waals surface area contributed by atoms with Gasteiger partial charge >= 0.3 is 29.6 Å². The standard InChI is InChI=1S/C4H11NO4S.Na/c1-5(2)4(3-6)10(7,8)9;/h4,6H,3H2,1-2H3,(H,7,8,9);/q;+1/p-1. The van der Waals surface area contributed by atoms with Crippen molar-refractivity contribution in [1.29, 1.82) is 0 Å². The molecule has 1 unspecified atom stereocenters. The fraction of sp³-hybridized carbons (Fsp3) is 1.00. The number of aliphatic hydroxyl groups excluding tert-OH is 1. The second-order valence-electron chi connectivity index (χ2n) is 2.09. The van der Waals surface area contributed by atoms with Crippen molar-refractivity contribution >= 4 is 10.1 Å². The van der Waals surface area contributed by atoms with E-state index in [9.17, 15) is 13.0 Å². The third-order valence-corrected chi connectivity index (χ3v) is 2.30. The number of nitrogens with zero attached hydrogens (tertiary/aromatic N) is 1. The minimum Gasteiger partial charge on any atom is -0.747 e. The summed E-state index contributed by atoms with van der Waals surface area (Å²) in [5.41, 5.74) is 0. The Labute approximate surface area is 88.4 Å². The van der Waals surface area contributed by atoms with Crippen LogP contribution in [0.5, 0.6) is 0 Å². The van der Waals surface area contributed by atoms with Gasteiger partial charge < -0.3 is 9.66 Å². The van der Waals surface area contributed by atoms with Gasteiger partial charge in [0.1, 0.15) is 15.5 Å². The largest absolute Gasteiger partial charge is 1.00 e. The second kappa shape index (κ2) is 5.47. The molecule has 1 N–H and O–H groups in total. The molecule has 0 aromatic carbocycles. The summed E-state index contributed by atoms with van der Waals surface area (Å²) in [6.45, 7) is -0.668. The van der Waals surface area contributed by atoms with E-state index in [4.69, 9.17) is 5.11 Å². The molecule has 0 aliphatic carbocycles. The molecule has 0 aromatic rings. The van der Waals surface area contributed by atoms with E-state index < -0.39 is 22.1 Å². The Morgan fingerprint density at radius 1 is 1.55 bits per heavy atom. The predicted octanol–water partition coefficient (Wildman–Crippen LogP) is -4.58. The predicted molar refractivity (Wildman–Crippen MR) is 34.3 cm³/mol. The zero-order valence-corrected chi connectivity index (χ0v) is 9.63. The third kappa shape index (κ3) is 5.13. The molecule has 7 heteroatoms. The Morgan fingerprint density at radius 3 is 1.91 bits per heavy atom. The van der Waals surface area contributed by atoms with Crippen LogP contribution in [0.1, 0.15) is 0 Å². The molecular weight excluding hydrogens is 181 g/mol. The van der Waals surface area contributed by atoms with Crippen LogP contribution in [0.2, 0.25) is 0 Å². The van der Waals surface area contributed by atoms with Crippen molar-refractivity contribution < 1.29 is 47.6 Å². The SMILES string of the molecule is CN(C)C(CO)S(=O)(=O)[O-].[Na+]. The maximum absolute atomic E-state index is 10.2. The first kappa shape index (κ1) is 14.4. The van der Waals surface area contributed by atoms with Crippen LogP contribution in [0.4, 0.5) is 0 Å². The first-order valence-corrected chi connectivity index (χ1v) is 4.08. The van der Waals surface area contributed by atoms with E-state index in [0.29, 0.717) is 0 Å². The molecule has 0 aliphatic rings. The van der Waals surface area contributed by atoms with Crippen molar-refractivity contribution in [3.05, 3.63) is 0 Å². The summed E-state index contributed by atoms with van der Waals surface area (Å²) in [5.74, 6) is 0. The summed E-state index contributed by atoms with van der Waals surface area (Å²) in [5, 5.41) is 7.08. The summed E-state index contributed by atoms with van der Waals surface area (Å²) < 4.78 is 30.7. The van der Waals surface area contributed by atoms with Gasteiger partial charge in [-0.3, -0.25) is 4.90 Å². The molecule has 11 heavy (non-hydrogen) atoms. The summed E-state index contributed by atoms with van der Waals surface area (Å²) in [7, 11) is -1.56. The molecule has 1 atom stereocenters. The molecule has 0 saturated carbocycles. The molecule has 5 nitrogen and oxygen atoms in total. The van der Waals surface area contributed by atoms with Crippen LogP contribution in [-0.4, -0.2) is 49.1 Å². The Hall–Kier alpha value is 0.830. The van der Waals surface area contributed by atoms with Crippen LogP contribution in [0.25, 0.3) is 0 Å². The molecular formula is C4H10NNaO4S. The topological polar surface area (TPSA) is 80.7 Å². The van der Waals surface area contributed by atoms with Gasteiger partial charge in [0.15, 0.2) is 0 Å². The van der Waals surface area contributed by atoms with E-state index in [-0.39, 0.29) is 29.6 Å². The molecule has 0 aliphatic heterocycles. The Morgan fingerprint density at radius 2 is 1.91 bits per heavy atom. The van der Waals surface area contributed by atoms with Crippen LogP contribution >= 0.6 is 0 Å². The van der Waals surface area contributed by atoms with E-state index >= 15 is 0 Å². The van der Waals surface area contributed by atoms with Crippen molar-refractivity contribution in [2.24, 2.45) is 0 Å². The smallest absolute Gasteiger partial charge is 0.747 e. The Bertz CT molecular complexity index is 190. The molecule has 0 spiro atoms. The summed E-state index contributed by atoms with van der Waals surface area (Å²) in [4.78, 5) is 1.16. The average Bonchev–Trinajstić information content (AvgIpc) is 1.60. The number of likely N-dealkylation sites (N-methyl/N-ethyl adjacent to an activating group) is 1. The second-order valence-corrected chi connectivity index (χ2v) is 3.62. The molecule has 0 fully saturated rings. The summed E-state index contributed by atoms with van der Waals surface area (Å²) >= 11 is 0. The normalized spacial score (nSPS) is 14.3. The van der Waals surface area contributed by atoms with Gasteiger partial charge in [-0.2, -0.15) is 0 Å². The van der Waals surface area contributed by atoms with Crippen molar-refractivity contribution in [1.82, 2.24) is 4.90 Å². The molecule has 0 saturated heterocycles. The zero-order valence-electron chi connectivity index (χ0n) is 6.81. The maximum atomic E-state index is 10.2. The zero-order chi connectivity index (χ0) is 8.36. The van der Waals surface area contributed by atoms with E-state index in [2.05, 4.69) is 0 Å². The summed E-state index contributed by atoms with van der Waals surface area (Å²) in [6.07, 6.45) is 0. The van der Waals surface area contributed by atoms with Crippen molar-refractivity contribution in [2.75, 3.05) is 20.7 Å². The van der Waals surface area contributed by atoms with Crippen LogP contribution < -0.4 is 29.6 Å². The van der Waals surface area contributed by atoms with Crippen molar-refractivity contribution in [2.45, 2.75) is 5.37 Å². The fourth-order valence-electron chi connectivity index (χ4n) is 0.513. The van der Waals surface area contributed by atoms with Gasteiger partial charge in [0, 0.05) is 0 Å².